The number of amides is 2. The Morgan fingerprint density at radius 2 is 1.98 bits per heavy atom. The number of hydrogen-bond donors (Lipinski definition) is 2. The van der Waals surface area contributed by atoms with E-state index in [9.17, 15) is 14.0 Å². The number of ether oxygens (including phenoxy) is 1. The minimum Gasteiger partial charge on any atom is -0.380 e. The molecular formula is C34H38FN3O3. The van der Waals surface area contributed by atoms with Crippen molar-refractivity contribution < 1.29 is 18.7 Å². The van der Waals surface area contributed by atoms with E-state index in [0.29, 0.717) is 44.0 Å². The molecule has 0 saturated carbocycles. The Morgan fingerprint density at radius 1 is 1.10 bits per heavy atom. The van der Waals surface area contributed by atoms with E-state index in [1.165, 1.54) is 22.8 Å². The second-order valence-electron chi connectivity index (χ2n) is 11.7. The number of hydrogen-bond acceptors (Lipinski definition) is 4. The van der Waals surface area contributed by atoms with Crippen molar-refractivity contribution in [3.8, 4) is 0 Å². The molecule has 2 N–H and O–H groups in total. The highest BCUT2D eigenvalue weighted by Gasteiger charge is 2.43. The van der Waals surface area contributed by atoms with Gasteiger partial charge in [0.25, 0.3) is 5.91 Å². The van der Waals surface area contributed by atoms with Gasteiger partial charge in [-0.3, -0.25) is 9.59 Å². The van der Waals surface area contributed by atoms with Crippen LogP contribution in [-0.2, 0) is 16.0 Å². The van der Waals surface area contributed by atoms with E-state index in [1.54, 1.807) is 24.0 Å². The Labute approximate surface area is 241 Å². The normalized spacial score (nSPS) is 25.4. The van der Waals surface area contributed by atoms with E-state index in [0.717, 1.165) is 30.8 Å². The van der Waals surface area contributed by atoms with Crippen molar-refractivity contribution in [2.45, 2.75) is 58.0 Å². The molecule has 7 heteroatoms. The van der Waals surface area contributed by atoms with E-state index < -0.39 is 17.8 Å². The lowest BCUT2D eigenvalue weighted by molar-refractivity contribution is -0.123. The van der Waals surface area contributed by atoms with Crippen molar-refractivity contribution in [2.75, 3.05) is 25.1 Å². The number of anilines is 1. The number of halogens is 1. The van der Waals surface area contributed by atoms with Gasteiger partial charge in [-0.1, -0.05) is 36.4 Å². The molecule has 0 bridgehead atoms. The predicted octanol–water partition coefficient (Wildman–Crippen LogP) is 5.79. The first-order chi connectivity index (χ1) is 19.9. The molecule has 2 aliphatic heterocycles. The smallest absolute Gasteiger partial charge is 0.257 e. The third kappa shape index (κ3) is 5.60. The van der Waals surface area contributed by atoms with Crippen LogP contribution in [0.3, 0.4) is 0 Å². The molecule has 2 aromatic rings. The van der Waals surface area contributed by atoms with Gasteiger partial charge in [-0.25, -0.2) is 4.39 Å². The summed E-state index contributed by atoms with van der Waals surface area (Å²) in [6, 6.07) is 10.7. The number of rotatable bonds is 6. The van der Waals surface area contributed by atoms with Crippen LogP contribution >= 0.6 is 0 Å². The van der Waals surface area contributed by atoms with Gasteiger partial charge >= 0.3 is 0 Å². The van der Waals surface area contributed by atoms with E-state index in [2.05, 4.69) is 47.9 Å². The van der Waals surface area contributed by atoms with Crippen LogP contribution in [0.5, 0.6) is 0 Å². The van der Waals surface area contributed by atoms with Crippen LogP contribution < -0.4 is 10.6 Å². The van der Waals surface area contributed by atoms with Gasteiger partial charge < -0.3 is 20.3 Å². The van der Waals surface area contributed by atoms with E-state index in [4.69, 9.17) is 4.74 Å². The van der Waals surface area contributed by atoms with Gasteiger partial charge in [0.1, 0.15) is 5.82 Å². The third-order valence-corrected chi connectivity index (χ3v) is 9.02. The van der Waals surface area contributed by atoms with Crippen LogP contribution in [0.1, 0.15) is 59.7 Å². The van der Waals surface area contributed by atoms with Crippen molar-refractivity contribution in [1.29, 1.82) is 0 Å². The van der Waals surface area contributed by atoms with Gasteiger partial charge in [0.15, 0.2) is 0 Å². The summed E-state index contributed by atoms with van der Waals surface area (Å²) in [6.07, 6.45) is 12.4. The molecule has 214 valence electrons. The second-order valence-corrected chi connectivity index (χ2v) is 11.7. The molecular weight excluding hydrogens is 517 g/mol. The van der Waals surface area contributed by atoms with E-state index in [-0.39, 0.29) is 23.3 Å². The Balaban J connectivity index is 1.27. The van der Waals surface area contributed by atoms with Crippen molar-refractivity contribution in [3.05, 3.63) is 94.5 Å². The maximum Gasteiger partial charge on any atom is 0.257 e. The van der Waals surface area contributed by atoms with Crippen molar-refractivity contribution >= 4 is 23.1 Å². The number of nitrogens with zero attached hydrogens (tertiary/aromatic N) is 1. The first kappa shape index (κ1) is 27.5. The standard InChI is InChI=1S/C34H38FN3O3/c1-21-8-9-23-10-15-26(19-29(21)23)37-33(39)28-6-4-17-38(34(40)31-22(2)5-3-7-30(31)35)32(28)24-11-13-25(14-12-24)36-27-16-18-41-20-27/h3,5,7-8,10-11,13-15,19,24,27-28,32,36H,4,6,9,12,16-18,20H2,1-2H3,(H,37,39)/t24?,27?,28-,32-/m0/s1. The molecule has 2 fully saturated rings. The zero-order valence-electron chi connectivity index (χ0n) is 23.8. The number of carbonyl (C=O) groups excluding carboxylic acids is 2. The van der Waals surface area contributed by atoms with Crippen LogP contribution in [0, 0.1) is 24.6 Å². The van der Waals surface area contributed by atoms with E-state index >= 15 is 0 Å². The van der Waals surface area contributed by atoms with Crippen LogP contribution in [-0.4, -0.2) is 48.6 Å². The van der Waals surface area contributed by atoms with Crippen molar-refractivity contribution in [3.63, 3.8) is 0 Å². The number of benzene rings is 2. The first-order valence-corrected chi connectivity index (χ1v) is 14.8. The molecule has 2 unspecified atom stereocenters. The molecule has 2 aromatic carbocycles. The zero-order chi connectivity index (χ0) is 28.5. The lowest BCUT2D eigenvalue weighted by Gasteiger charge is -2.44. The maximum atomic E-state index is 15.0. The monoisotopic (exact) mass is 555 g/mol. The summed E-state index contributed by atoms with van der Waals surface area (Å²) in [5, 5.41) is 6.71. The predicted molar refractivity (Wildman–Crippen MR) is 159 cm³/mol. The SMILES string of the molecule is CC1=CCc2ccc(NC(=O)[C@H]3CCCN(C(=O)c4c(C)cccc4F)[C@H]3C3C=CC(NC4CCOC4)=CC3)cc21. The quantitative estimate of drug-likeness (QED) is 0.473. The van der Waals surface area contributed by atoms with Gasteiger partial charge in [-0.2, -0.15) is 0 Å². The number of allylic oxidation sites excluding steroid dienone is 4. The van der Waals surface area contributed by atoms with Gasteiger partial charge in [-0.05, 0) is 92.5 Å². The number of piperidine rings is 1. The fourth-order valence-corrected chi connectivity index (χ4v) is 6.81. The average Bonchev–Trinajstić information content (AvgIpc) is 3.62. The molecule has 0 radical (unpaired) electrons. The molecule has 2 heterocycles. The maximum absolute atomic E-state index is 15.0. The van der Waals surface area contributed by atoms with Crippen LogP contribution in [0.2, 0.25) is 0 Å². The zero-order valence-corrected chi connectivity index (χ0v) is 23.8. The van der Waals surface area contributed by atoms with Crippen LogP contribution in [0.15, 0.2) is 66.4 Å². The number of nitrogens with one attached hydrogen (secondary N) is 2. The van der Waals surface area contributed by atoms with Gasteiger partial charge in [0.2, 0.25) is 5.91 Å². The number of fused-ring (bicyclic) bond motifs is 1. The van der Waals surface area contributed by atoms with Gasteiger partial charge in [0, 0.05) is 30.5 Å². The largest absolute Gasteiger partial charge is 0.380 e. The molecule has 0 aromatic heterocycles. The lowest BCUT2D eigenvalue weighted by atomic mass is 9.77. The number of aryl methyl sites for hydroxylation is 1. The first-order valence-electron chi connectivity index (χ1n) is 14.8. The summed E-state index contributed by atoms with van der Waals surface area (Å²) in [5.41, 5.74) is 6.16. The molecule has 4 aliphatic rings. The molecule has 6 rings (SSSR count). The highest BCUT2D eigenvalue weighted by atomic mass is 19.1. The fourth-order valence-electron chi connectivity index (χ4n) is 6.81. The number of carbonyl (C=O) groups is 2. The molecule has 0 spiro atoms. The third-order valence-electron chi connectivity index (χ3n) is 9.02. The minimum absolute atomic E-state index is 0.0716. The summed E-state index contributed by atoms with van der Waals surface area (Å²) in [5.74, 6) is -1.46. The highest BCUT2D eigenvalue weighted by Crippen LogP contribution is 2.37. The second kappa shape index (κ2) is 11.6. The Hall–Kier alpha value is -3.71. The Morgan fingerprint density at radius 3 is 2.73 bits per heavy atom. The fraction of sp³-hybridized carbons (Fsp3) is 0.412. The molecule has 2 aliphatic carbocycles. The average molecular weight is 556 g/mol. The number of likely N-dealkylation sites (tertiary alicyclic amines) is 1. The molecule has 4 atom stereocenters. The van der Waals surface area contributed by atoms with Gasteiger partial charge in [-0.15, -0.1) is 0 Å². The molecule has 2 saturated heterocycles. The lowest BCUT2D eigenvalue weighted by Crippen LogP contribution is -2.55. The van der Waals surface area contributed by atoms with Gasteiger partial charge in [0.05, 0.1) is 30.2 Å². The molecule has 2 amide bonds. The van der Waals surface area contributed by atoms with Crippen LogP contribution in [0.4, 0.5) is 10.1 Å². The molecule has 41 heavy (non-hydrogen) atoms. The van der Waals surface area contributed by atoms with Crippen molar-refractivity contribution in [1.82, 2.24) is 10.2 Å². The van der Waals surface area contributed by atoms with E-state index in [1.807, 2.05) is 12.1 Å². The Bertz CT molecular complexity index is 1420. The highest BCUT2D eigenvalue weighted by molar-refractivity contribution is 5.98. The summed E-state index contributed by atoms with van der Waals surface area (Å²) >= 11 is 0. The summed E-state index contributed by atoms with van der Waals surface area (Å²) in [4.78, 5) is 29.7. The molecule has 6 nitrogen and oxygen atoms in total. The van der Waals surface area contributed by atoms with Crippen LogP contribution in [0.25, 0.3) is 5.57 Å². The van der Waals surface area contributed by atoms with Crippen molar-refractivity contribution in [2.24, 2.45) is 11.8 Å². The summed E-state index contributed by atoms with van der Waals surface area (Å²) in [6.45, 7) is 5.80. The summed E-state index contributed by atoms with van der Waals surface area (Å²) < 4.78 is 20.5. The summed E-state index contributed by atoms with van der Waals surface area (Å²) in [7, 11) is 0. The topological polar surface area (TPSA) is 70.7 Å². The Kier molecular flexibility index (Phi) is 7.80. The minimum atomic E-state index is -0.522.